The summed E-state index contributed by atoms with van der Waals surface area (Å²) in [6, 6.07) is 1.39. The standard InChI is InChI=1S/C18H28N6/c1-12(2)16-20-17-15(9-19-22(17)4)18(21-16)23-10-14(11-23)24-8-6-5-7-13(24)3/h9,12-14H,5-8,10-11H2,1-4H3. The predicted octanol–water partition coefficient (Wildman–Crippen LogP) is 2.55. The fourth-order valence-corrected chi connectivity index (χ4v) is 4.02. The second kappa shape index (κ2) is 5.99. The van der Waals surface area contributed by atoms with E-state index in [0.717, 1.165) is 41.8 Å². The number of aryl methyl sites for hydroxylation is 1. The van der Waals surface area contributed by atoms with E-state index in [-0.39, 0.29) is 0 Å². The summed E-state index contributed by atoms with van der Waals surface area (Å²) in [6.45, 7) is 10.1. The van der Waals surface area contributed by atoms with E-state index >= 15 is 0 Å². The van der Waals surface area contributed by atoms with Gasteiger partial charge in [0.2, 0.25) is 0 Å². The van der Waals surface area contributed by atoms with Crippen LogP contribution >= 0.6 is 0 Å². The first kappa shape index (κ1) is 15.8. The second-order valence-corrected chi connectivity index (χ2v) is 7.71. The van der Waals surface area contributed by atoms with Gasteiger partial charge in [0.05, 0.1) is 11.6 Å². The van der Waals surface area contributed by atoms with Gasteiger partial charge in [-0.05, 0) is 26.3 Å². The van der Waals surface area contributed by atoms with Gasteiger partial charge in [0, 0.05) is 38.1 Å². The Morgan fingerprint density at radius 1 is 1.17 bits per heavy atom. The summed E-state index contributed by atoms with van der Waals surface area (Å²) in [6.07, 6.45) is 5.98. The minimum atomic E-state index is 0.322. The highest BCUT2D eigenvalue weighted by Gasteiger charge is 2.36. The van der Waals surface area contributed by atoms with Crippen molar-refractivity contribution in [3.63, 3.8) is 0 Å². The van der Waals surface area contributed by atoms with Crippen molar-refractivity contribution in [2.45, 2.75) is 58.0 Å². The average Bonchev–Trinajstić information content (AvgIpc) is 2.89. The van der Waals surface area contributed by atoms with Crippen LogP contribution < -0.4 is 4.90 Å². The Labute approximate surface area is 143 Å². The number of aromatic nitrogens is 4. The van der Waals surface area contributed by atoms with Crippen molar-refractivity contribution in [1.29, 1.82) is 0 Å². The molecular weight excluding hydrogens is 300 g/mol. The number of rotatable bonds is 3. The monoisotopic (exact) mass is 328 g/mol. The van der Waals surface area contributed by atoms with Crippen molar-refractivity contribution in [3.8, 4) is 0 Å². The van der Waals surface area contributed by atoms with Crippen LogP contribution in [-0.4, -0.2) is 56.4 Å². The molecule has 0 aliphatic carbocycles. The molecule has 2 aliphatic rings. The Morgan fingerprint density at radius 2 is 1.96 bits per heavy atom. The van der Waals surface area contributed by atoms with Gasteiger partial charge in [0.1, 0.15) is 11.6 Å². The molecule has 1 unspecified atom stereocenters. The average molecular weight is 328 g/mol. The molecule has 4 heterocycles. The lowest BCUT2D eigenvalue weighted by Gasteiger charge is -2.49. The number of nitrogens with zero attached hydrogens (tertiary/aromatic N) is 6. The smallest absolute Gasteiger partial charge is 0.163 e. The van der Waals surface area contributed by atoms with Gasteiger partial charge < -0.3 is 4.90 Å². The van der Waals surface area contributed by atoms with Crippen LogP contribution in [0.15, 0.2) is 6.20 Å². The number of hydrogen-bond acceptors (Lipinski definition) is 5. The van der Waals surface area contributed by atoms with E-state index in [1.54, 1.807) is 0 Å². The number of anilines is 1. The van der Waals surface area contributed by atoms with Gasteiger partial charge >= 0.3 is 0 Å². The lowest BCUT2D eigenvalue weighted by molar-refractivity contribution is 0.0873. The lowest BCUT2D eigenvalue weighted by atomic mass is 9.97. The number of hydrogen-bond donors (Lipinski definition) is 0. The normalized spacial score (nSPS) is 23.2. The van der Waals surface area contributed by atoms with Gasteiger partial charge in [-0.15, -0.1) is 0 Å². The van der Waals surface area contributed by atoms with E-state index in [1.807, 2.05) is 17.9 Å². The summed E-state index contributed by atoms with van der Waals surface area (Å²) in [5.41, 5.74) is 0.943. The Kier molecular flexibility index (Phi) is 3.95. The highest BCUT2D eigenvalue weighted by Crippen LogP contribution is 2.32. The van der Waals surface area contributed by atoms with Crippen molar-refractivity contribution >= 4 is 16.9 Å². The molecule has 2 aromatic rings. The molecular formula is C18H28N6. The Balaban J connectivity index is 1.59. The van der Waals surface area contributed by atoms with Gasteiger partial charge in [-0.2, -0.15) is 5.10 Å². The maximum Gasteiger partial charge on any atom is 0.163 e. The molecule has 0 radical (unpaired) electrons. The zero-order valence-electron chi connectivity index (χ0n) is 15.2. The third-order valence-corrected chi connectivity index (χ3v) is 5.59. The predicted molar refractivity (Wildman–Crippen MR) is 96.4 cm³/mol. The first-order chi connectivity index (χ1) is 11.5. The molecule has 6 heteroatoms. The summed E-state index contributed by atoms with van der Waals surface area (Å²) < 4.78 is 1.86. The quantitative estimate of drug-likeness (QED) is 0.867. The maximum atomic E-state index is 4.88. The Hall–Kier alpha value is -1.69. The zero-order valence-corrected chi connectivity index (χ0v) is 15.2. The molecule has 4 rings (SSSR count). The topological polar surface area (TPSA) is 50.1 Å². The van der Waals surface area contributed by atoms with Gasteiger partial charge in [0.25, 0.3) is 0 Å². The van der Waals surface area contributed by atoms with Crippen molar-refractivity contribution in [2.75, 3.05) is 24.5 Å². The first-order valence-electron chi connectivity index (χ1n) is 9.25. The first-order valence-corrected chi connectivity index (χ1v) is 9.25. The van der Waals surface area contributed by atoms with E-state index in [2.05, 4.69) is 35.7 Å². The number of piperidine rings is 1. The van der Waals surface area contributed by atoms with Crippen molar-refractivity contribution in [1.82, 2.24) is 24.6 Å². The molecule has 2 saturated heterocycles. The van der Waals surface area contributed by atoms with Crippen LogP contribution in [0.2, 0.25) is 0 Å². The van der Waals surface area contributed by atoms with Gasteiger partial charge in [-0.3, -0.25) is 9.58 Å². The molecule has 0 aromatic carbocycles. The molecule has 0 spiro atoms. The van der Waals surface area contributed by atoms with Crippen LogP contribution in [0, 0.1) is 0 Å². The molecule has 1 atom stereocenters. The zero-order chi connectivity index (χ0) is 16.8. The largest absolute Gasteiger partial charge is 0.353 e. The van der Waals surface area contributed by atoms with Crippen LogP contribution in [0.25, 0.3) is 11.0 Å². The fraction of sp³-hybridized carbons (Fsp3) is 0.722. The van der Waals surface area contributed by atoms with Crippen LogP contribution in [0.4, 0.5) is 5.82 Å². The summed E-state index contributed by atoms with van der Waals surface area (Å²) >= 11 is 0. The van der Waals surface area contributed by atoms with Crippen molar-refractivity contribution < 1.29 is 0 Å². The summed E-state index contributed by atoms with van der Waals surface area (Å²) in [7, 11) is 1.96. The van der Waals surface area contributed by atoms with Crippen LogP contribution in [0.1, 0.15) is 51.8 Å². The maximum absolute atomic E-state index is 4.88. The number of fused-ring (bicyclic) bond motifs is 1. The molecule has 0 amide bonds. The summed E-state index contributed by atoms with van der Waals surface area (Å²) in [5.74, 6) is 2.30. The third kappa shape index (κ3) is 2.57. The fourth-order valence-electron chi connectivity index (χ4n) is 4.02. The summed E-state index contributed by atoms with van der Waals surface area (Å²) in [4.78, 5) is 14.7. The Bertz CT molecular complexity index is 730. The molecule has 0 bridgehead atoms. The molecule has 6 nitrogen and oxygen atoms in total. The highest BCUT2D eigenvalue weighted by atomic mass is 15.4. The SMILES string of the molecule is CC(C)c1nc(N2CC(N3CCCCC3C)C2)c2cnn(C)c2n1. The molecule has 130 valence electrons. The van der Waals surface area contributed by atoms with E-state index in [4.69, 9.17) is 9.97 Å². The number of likely N-dealkylation sites (tertiary alicyclic amines) is 1. The minimum absolute atomic E-state index is 0.322. The molecule has 2 aliphatic heterocycles. The van der Waals surface area contributed by atoms with E-state index in [0.29, 0.717) is 12.0 Å². The lowest BCUT2D eigenvalue weighted by Crippen LogP contribution is -2.62. The van der Waals surface area contributed by atoms with E-state index in [1.165, 1.54) is 25.8 Å². The molecule has 0 saturated carbocycles. The van der Waals surface area contributed by atoms with E-state index in [9.17, 15) is 0 Å². The van der Waals surface area contributed by atoms with Crippen LogP contribution in [0.3, 0.4) is 0 Å². The van der Waals surface area contributed by atoms with E-state index < -0.39 is 0 Å². The van der Waals surface area contributed by atoms with Crippen LogP contribution in [-0.2, 0) is 7.05 Å². The second-order valence-electron chi connectivity index (χ2n) is 7.71. The van der Waals surface area contributed by atoms with Gasteiger partial charge in [-0.25, -0.2) is 9.97 Å². The van der Waals surface area contributed by atoms with Crippen molar-refractivity contribution in [2.24, 2.45) is 7.05 Å². The summed E-state index contributed by atoms with van der Waals surface area (Å²) in [5, 5.41) is 5.47. The minimum Gasteiger partial charge on any atom is -0.353 e. The molecule has 0 N–H and O–H groups in total. The highest BCUT2D eigenvalue weighted by molar-refractivity contribution is 5.87. The van der Waals surface area contributed by atoms with Gasteiger partial charge in [-0.1, -0.05) is 20.3 Å². The molecule has 2 aromatic heterocycles. The van der Waals surface area contributed by atoms with Gasteiger partial charge in [0.15, 0.2) is 5.65 Å². The molecule has 2 fully saturated rings. The van der Waals surface area contributed by atoms with Crippen LogP contribution in [0.5, 0.6) is 0 Å². The molecule has 24 heavy (non-hydrogen) atoms. The Morgan fingerprint density at radius 3 is 2.67 bits per heavy atom. The van der Waals surface area contributed by atoms with Crippen molar-refractivity contribution in [3.05, 3.63) is 12.0 Å². The third-order valence-electron chi connectivity index (χ3n) is 5.59.